The van der Waals surface area contributed by atoms with Gasteiger partial charge in [-0.25, -0.2) is 0 Å². The Hall–Kier alpha value is -2.29. The molecule has 0 aliphatic carbocycles. The van der Waals surface area contributed by atoms with Crippen LogP contribution >= 0.6 is 11.6 Å². The third-order valence-corrected chi connectivity index (χ3v) is 4.80. The molecule has 1 atom stereocenters. The average molecular weight is 366 g/mol. The quantitative estimate of drug-likeness (QED) is 0.548. The molecular formula is C23H24ClNO. The topological polar surface area (TPSA) is 21.3 Å². The number of halogens is 1. The smallest absolute Gasteiger partial charge is 0.124 e. The van der Waals surface area contributed by atoms with Crippen molar-refractivity contribution in [3.63, 3.8) is 0 Å². The molecular weight excluding hydrogens is 342 g/mol. The Morgan fingerprint density at radius 2 is 1.65 bits per heavy atom. The van der Waals surface area contributed by atoms with E-state index in [2.05, 4.69) is 55.6 Å². The lowest BCUT2D eigenvalue weighted by atomic mass is 10.1. The monoisotopic (exact) mass is 365 g/mol. The van der Waals surface area contributed by atoms with Gasteiger partial charge < -0.3 is 10.1 Å². The number of hydrogen-bond acceptors (Lipinski definition) is 2. The van der Waals surface area contributed by atoms with Crippen molar-refractivity contribution in [3.05, 3.63) is 100 Å². The van der Waals surface area contributed by atoms with Crippen LogP contribution in [-0.2, 0) is 13.2 Å². The van der Waals surface area contributed by atoms with Crippen LogP contribution in [0.1, 0.15) is 35.2 Å². The molecule has 1 N–H and O–H groups in total. The minimum atomic E-state index is 0.249. The van der Waals surface area contributed by atoms with Crippen molar-refractivity contribution in [1.29, 1.82) is 0 Å². The zero-order valence-electron chi connectivity index (χ0n) is 15.2. The maximum atomic E-state index is 6.21. The van der Waals surface area contributed by atoms with E-state index in [-0.39, 0.29) is 6.04 Å². The van der Waals surface area contributed by atoms with Crippen LogP contribution in [-0.4, -0.2) is 0 Å². The standard InChI is InChI=1S/C23H24ClNO/c1-17-8-6-7-11-20(17)16-26-23-13-12-22(24)14-21(23)15-25-18(2)19-9-4-3-5-10-19/h3-14,18,25H,15-16H2,1-2H3. The van der Waals surface area contributed by atoms with E-state index in [9.17, 15) is 0 Å². The van der Waals surface area contributed by atoms with Crippen LogP contribution in [0.2, 0.25) is 5.02 Å². The lowest BCUT2D eigenvalue weighted by Crippen LogP contribution is -2.18. The second kappa shape index (κ2) is 8.88. The van der Waals surface area contributed by atoms with Gasteiger partial charge in [-0.15, -0.1) is 0 Å². The predicted octanol–water partition coefficient (Wildman–Crippen LogP) is 6.08. The van der Waals surface area contributed by atoms with Crippen molar-refractivity contribution < 1.29 is 4.74 Å². The average Bonchev–Trinajstić information content (AvgIpc) is 2.67. The summed E-state index contributed by atoms with van der Waals surface area (Å²) >= 11 is 6.21. The van der Waals surface area contributed by atoms with E-state index < -0.39 is 0 Å². The number of rotatable bonds is 7. The Morgan fingerprint density at radius 3 is 2.42 bits per heavy atom. The summed E-state index contributed by atoms with van der Waals surface area (Å²) in [6.45, 7) is 5.51. The molecule has 134 valence electrons. The number of hydrogen-bond donors (Lipinski definition) is 1. The first kappa shape index (κ1) is 18.5. The zero-order chi connectivity index (χ0) is 18.4. The highest BCUT2D eigenvalue weighted by atomic mass is 35.5. The van der Waals surface area contributed by atoms with Gasteiger partial charge in [0.25, 0.3) is 0 Å². The molecule has 0 spiro atoms. The van der Waals surface area contributed by atoms with Crippen LogP contribution < -0.4 is 10.1 Å². The molecule has 1 unspecified atom stereocenters. The molecule has 2 nitrogen and oxygen atoms in total. The van der Waals surface area contributed by atoms with Gasteiger partial charge in [0.15, 0.2) is 0 Å². The molecule has 3 heteroatoms. The first-order chi connectivity index (χ1) is 12.6. The molecule has 0 bridgehead atoms. The SMILES string of the molecule is Cc1ccccc1COc1ccc(Cl)cc1CNC(C)c1ccccc1. The third-order valence-electron chi connectivity index (χ3n) is 4.57. The number of aryl methyl sites for hydroxylation is 1. The van der Waals surface area contributed by atoms with Crippen molar-refractivity contribution in [2.24, 2.45) is 0 Å². The van der Waals surface area contributed by atoms with Crippen molar-refractivity contribution in [2.75, 3.05) is 0 Å². The normalized spacial score (nSPS) is 12.0. The molecule has 3 aromatic carbocycles. The van der Waals surface area contributed by atoms with E-state index in [4.69, 9.17) is 16.3 Å². The lowest BCUT2D eigenvalue weighted by molar-refractivity contribution is 0.301. The highest BCUT2D eigenvalue weighted by Crippen LogP contribution is 2.25. The fraction of sp³-hybridized carbons (Fsp3) is 0.217. The number of ether oxygens (including phenoxy) is 1. The molecule has 26 heavy (non-hydrogen) atoms. The molecule has 0 aromatic heterocycles. The summed E-state index contributed by atoms with van der Waals surface area (Å²) in [6, 6.07) is 24.7. The Morgan fingerprint density at radius 1 is 0.923 bits per heavy atom. The molecule has 3 rings (SSSR count). The van der Waals surface area contributed by atoms with E-state index in [1.54, 1.807) is 0 Å². The number of benzene rings is 3. The van der Waals surface area contributed by atoms with Gasteiger partial charge in [0.05, 0.1) is 0 Å². The fourth-order valence-corrected chi connectivity index (χ4v) is 3.07. The Kier molecular flexibility index (Phi) is 6.32. The van der Waals surface area contributed by atoms with Gasteiger partial charge in [-0.2, -0.15) is 0 Å². The molecule has 0 fully saturated rings. The lowest BCUT2D eigenvalue weighted by Gasteiger charge is -2.17. The molecule has 0 saturated carbocycles. The highest BCUT2D eigenvalue weighted by Gasteiger charge is 2.09. The maximum absolute atomic E-state index is 6.21. The largest absolute Gasteiger partial charge is 0.489 e. The summed E-state index contributed by atoms with van der Waals surface area (Å²) in [6.07, 6.45) is 0. The summed E-state index contributed by atoms with van der Waals surface area (Å²) in [7, 11) is 0. The molecule has 0 radical (unpaired) electrons. The van der Waals surface area contributed by atoms with Crippen LogP contribution in [0.25, 0.3) is 0 Å². The first-order valence-corrected chi connectivity index (χ1v) is 9.25. The van der Waals surface area contributed by atoms with Gasteiger partial charge in [0.1, 0.15) is 12.4 Å². The summed E-state index contributed by atoms with van der Waals surface area (Å²) in [5.74, 6) is 0.866. The maximum Gasteiger partial charge on any atom is 0.124 e. The van der Waals surface area contributed by atoms with E-state index >= 15 is 0 Å². The Balaban J connectivity index is 1.69. The van der Waals surface area contributed by atoms with Crippen molar-refractivity contribution in [1.82, 2.24) is 5.32 Å². The summed E-state index contributed by atoms with van der Waals surface area (Å²) in [5, 5.41) is 4.27. The van der Waals surface area contributed by atoms with Crippen LogP contribution in [0.15, 0.2) is 72.8 Å². The van der Waals surface area contributed by atoms with Crippen molar-refractivity contribution >= 4 is 11.6 Å². The van der Waals surface area contributed by atoms with Crippen molar-refractivity contribution in [3.8, 4) is 5.75 Å². The first-order valence-electron chi connectivity index (χ1n) is 8.87. The van der Waals surface area contributed by atoms with Crippen LogP contribution in [0, 0.1) is 6.92 Å². The minimum absolute atomic E-state index is 0.249. The molecule has 0 aliphatic heterocycles. The second-order valence-electron chi connectivity index (χ2n) is 6.48. The summed E-state index contributed by atoms with van der Waals surface area (Å²) in [5.41, 5.74) is 4.75. The fourth-order valence-electron chi connectivity index (χ4n) is 2.88. The second-order valence-corrected chi connectivity index (χ2v) is 6.92. The predicted molar refractivity (Wildman–Crippen MR) is 109 cm³/mol. The highest BCUT2D eigenvalue weighted by molar-refractivity contribution is 6.30. The Bertz CT molecular complexity index is 848. The summed E-state index contributed by atoms with van der Waals surface area (Å²) < 4.78 is 6.10. The minimum Gasteiger partial charge on any atom is -0.489 e. The molecule has 0 amide bonds. The van der Waals surface area contributed by atoms with Gasteiger partial charge in [-0.1, -0.05) is 66.2 Å². The summed E-state index contributed by atoms with van der Waals surface area (Å²) in [4.78, 5) is 0. The third kappa shape index (κ3) is 4.87. The Labute approximate surface area is 160 Å². The number of nitrogens with one attached hydrogen (secondary N) is 1. The molecule has 3 aromatic rings. The van der Waals surface area contributed by atoms with E-state index in [1.807, 2.05) is 36.4 Å². The van der Waals surface area contributed by atoms with Gasteiger partial charge in [0.2, 0.25) is 0 Å². The molecule has 0 aliphatic rings. The van der Waals surface area contributed by atoms with Crippen LogP contribution in [0.5, 0.6) is 5.75 Å². The van der Waals surface area contributed by atoms with Gasteiger partial charge in [0, 0.05) is 23.2 Å². The van der Waals surface area contributed by atoms with Crippen LogP contribution in [0.4, 0.5) is 0 Å². The van der Waals surface area contributed by atoms with E-state index in [0.29, 0.717) is 13.2 Å². The van der Waals surface area contributed by atoms with E-state index in [1.165, 1.54) is 16.7 Å². The van der Waals surface area contributed by atoms with Gasteiger partial charge in [-0.05, 0) is 48.7 Å². The van der Waals surface area contributed by atoms with Gasteiger partial charge in [-0.3, -0.25) is 0 Å². The van der Waals surface area contributed by atoms with Crippen molar-refractivity contribution in [2.45, 2.75) is 33.0 Å². The van der Waals surface area contributed by atoms with Crippen LogP contribution in [0.3, 0.4) is 0 Å². The van der Waals surface area contributed by atoms with E-state index in [0.717, 1.165) is 16.3 Å². The molecule has 0 heterocycles. The van der Waals surface area contributed by atoms with Gasteiger partial charge >= 0.3 is 0 Å². The zero-order valence-corrected chi connectivity index (χ0v) is 16.0. The molecule has 0 saturated heterocycles.